The van der Waals surface area contributed by atoms with Gasteiger partial charge >= 0.3 is 0 Å². The topological polar surface area (TPSA) is 11.4 Å². The van der Waals surface area contributed by atoms with Gasteiger partial charge in [0.1, 0.15) is 0 Å². The van der Waals surface area contributed by atoms with Crippen LogP contribution >= 0.6 is 0 Å². The highest BCUT2D eigenvalue weighted by Crippen LogP contribution is 2.44. The van der Waals surface area contributed by atoms with E-state index in [1.54, 1.807) is 0 Å². The summed E-state index contributed by atoms with van der Waals surface area (Å²) >= 11 is 0. The first-order valence-corrected chi connectivity index (χ1v) is 20.5. The molecule has 0 aliphatic heterocycles. The molecule has 0 saturated carbocycles. The zero-order valence-corrected chi connectivity index (χ0v) is 32.6. The van der Waals surface area contributed by atoms with Gasteiger partial charge in [-0.2, -0.15) is 0 Å². The minimum atomic E-state index is 1.06. The molecule has 1 aliphatic carbocycles. The van der Waals surface area contributed by atoms with Crippen LogP contribution in [-0.4, -0.2) is 4.57 Å². The number of fused-ring (bicyclic) bond motifs is 5. The molecule has 0 fully saturated rings. The van der Waals surface area contributed by atoms with Gasteiger partial charge in [-0.15, -0.1) is 0 Å². The van der Waals surface area contributed by atoms with Gasteiger partial charge in [-0.3, -0.25) is 0 Å². The third-order valence-electron chi connectivity index (χ3n) is 11.8. The minimum Gasteiger partial charge on any atom is -0.310 e. The van der Waals surface area contributed by atoms with E-state index in [0.717, 1.165) is 47.0 Å². The van der Waals surface area contributed by atoms with Gasteiger partial charge in [-0.1, -0.05) is 146 Å². The molecule has 1 aromatic heterocycles. The smallest absolute Gasteiger partial charge is 0.0542 e. The van der Waals surface area contributed by atoms with Crippen LogP contribution in [0.5, 0.6) is 0 Å². The molecule has 0 amide bonds. The maximum Gasteiger partial charge on any atom is 0.0542 e. The third-order valence-corrected chi connectivity index (χ3v) is 11.8. The van der Waals surface area contributed by atoms with E-state index in [0.29, 0.717) is 0 Å². The Bertz CT molecular complexity index is 3200. The van der Waals surface area contributed by atoms with Crippen molar-refractivity contribution < 1.29 is 0 Å². The normalized spacial score (nSPS) is 12.6. The number of benzene rings is 9. The standard InChI is InChI=1S/C56H41N3/c1-3-19-44(20-4-1)57(53-27-13-17-42-15-7-9-23-49(42)53)46-33-29-40(30-34-46)41-31-35-47(36-32-41)58(54-28-14-18-43-16-8-10-24-50(43)54)48-37-38-56-52(39-48)51-25-11-12-26-55(51)59(56)45-21-5-2-6-22-45/h1,3-5,7-39H,2,6H2. The van der Waals surface area contributed by atoms with Crippen LogP contribution in [0.1, 0.15) is 12.8 Å². The van der Waals surface area contributed by atoms with Crippen molar-refractivity contribution in [1.82, 2.24) is 4.57 Å². The molecule has 59 heavy (non-hydrogen) atoms. The number of hydrogen-bond donors (Lipinski definition) is 0. The van der Waals surface area contributed by atoms with Crippen molar-refractivity contribution in [3.63, 3.8) is 0 Å². The van der Waals surface area contributed by atoms with Crippen LogP contribution in [0, 0.1) is 0 Å². The van der Waals surface area contributed by atoms with E-state index in [9.17, 15) is 0 Å². The Kier molecular flexibility index (Phi) is 8.63. The van der Waals surface area contributed by atoms with Gasteiger partial charge in [0, 0.05) is 50.0 Å². The van der Waals surface area contributed by atoms with Crippen LogP contribution in [0.25, 0.3) is 60.2 Å². The SMILES string of the molecule is C1=CC(n2c3ccccc3c3cc(N(c4ccc(-c5ccc(N(c6ccccc6)c6cccc7ccccc67)cc5)cc4)c4cccc5ccccc45)ccc32)=CCC1. The molecule has 280 valence electrons. The summed E-state index contributed by atoms with van der Waals surface area (Å²) < 4.78 is 2.42. The Morgan fingerprint density at radius 3 is 1.46 bits per heavy atom. The van der Waals surface area contributed by atoms with E-state index in [-0.39, 0.29) is 0 Å². The van der Waals surface area contributed by atoms with E-state index in [2.05, 4.69) is 239 Å². The van der Waals surface area contributed by atoms with Crippen molar-refractivity contribution >= 4 is 83.2 Å². The Balaban J connectivity index is 0.999. The predicted octanol–water partition coefficient (Wildman–Crippen LogP) is 15.9. The first-order chi connectivity index (χ1) is 29.3. The lowest BCUT2D eigenvalue weighted by atomic mass is 10.0. The Labute approximate surface area is 344 Å². The molecule has 3 heteroatoms. The summed E-state index contributed by atoms with van der Waals surface area (Å²) in [5.41, 5.74) is 12.8. The third kappa shape index (κ3) is 6.16. The van der Waals surface area contributed by atoms with Crippen LogP contribution in [0.4, 0.5) is 34.1 Å². The summed E-state index contributed by atoms with van der Waals surface area (Å²) in [5, 5.41) is 7.37. The van der Waals surface area contributed by atoms with Gasteiger partial charge in [0.25, 0.3) is 0 Å². The van der Waals surface area contributed by atoms with Gasteiger partial charge in [0.2, 0.25) is 0 Å². The number of hydrogen-bond acceptors (Lipinski definition) is 2. The van der Waals surface area contributed by atoms with Crippen molar-refractivity contribution in [1.29, 1.82) is 0 Å². The minimum absolute atomic E-state index is 1.06. The lowest BCUT2D eigenvalue weighted by molar-refractivity contribution is 1.02. The maximum atomic E-state index is 2.42. The molecule has 0 atom stereocenters. The van der Waals surface area contributed by atoms with E-state index < -0.39 is 0 Å². The molecule has 1 aliphatic rings. The molecule has 0 unspecified atom stereocenters. The van der Waals surface area contributed by atoms with E-state index in [1.165, 1.54) is 60.2 Å². The average Bonchev–Trinajstić information content (AvgIpc) is 3.64. The molecule has 1 heterocycles. The largest absolute Gasteiger partial charge is 0.310 e. The van der Waals surface area contributed by atoms with Gasteiger partial charge in [-0.05, 0) is 114 Å². The van der Waals surface area contributed by atoms with Crippen molar-refractivity contribution in [2.24, 2.45) is 0 Å². The molecule has 0 N–H and O–H groups in total. The number of aromatic nitrogens is 1. The Morgan fingerprint density at radius 2 is 0.847 bits per heavy atom. The van der Waals surface area contributed by atoms with Crippen LogP contribution in [0.2, 0.25) is 0 Å². The fraction of sp³-hybridized carbons (Fsp3) is 0.0357. The molecule has 11 rings (SSSR count). The first kappa shape index (κ1) is 34.6. The zero-order valence-electron chi connectivity index (χ0n) is 32.6. The molecule has 0 bridgehead atoms. The lowest BCUT2D eigenvalue weighted by Gasteiger charge is -2.27. The molecule has 0 radical (unpaired) electrons. The number of anilines is 6. The van der Waals surface area contributed by atoms with Gasteiger partial charge in [0.15, 0.2) is 0 Å². The molecule has 0 saturated heterocycles. The summed E-state index contributed by atoms with van der Waals surface area (Å²) in [6.07, 6.45) is 9.07. The van der Waals surface area contributed by atoms with Crippen molar-refractivity contribution in [3.8, 4) is 11.1 Å². The highest BCUT2D eigenvalue weighted by Gasteiger charge is 2.20. The van der Waals surface area contributed by atoms with Gasteiger partial charge in [-0.25, -0.2) is 0 Å². The zero-order chi connectivity index (χ0) is 39.1. The van der Waals surface area contributed by atoms with Crippen molar-refractivity contribution in [2.45, 2.75) is 12.8 Å². The first-order valence-electron chi connectivity index (χ1n) is 20.5. The number of para-hydroxylation sites is 2. The number of nitrogens with zero attached hydrogens (tertiary/aromatic N) is 3. The van der Waals surface area contributed by atoms with Crippen LogP contribution in [0.3, 0.4) is 0 Å². The van der Waals surface area contributed by atoms with Gasteiger partial charge in [0.05, 0.1) is 22.4 Å². The summed E-state index contributed by atoms with van der Waals surface area (Å²) in [5.74, 6) is 0. The lowest BCUT2D eigenvalue weighted by Crippen LogP contribution is -2.10. The van der Waals surface area contributed by atoms with E-state index in [1.807, 2.05) is 0 Å². The summed E-state index contributed by atoms with van der Waals surface area (Å²) in [6.45, 7) is 0. The van der Waals surface area contributed by atoms with Crippen LogP contribution in [0.15, 0.2) is 224 Å². The van der Waals surface area contributed by atoms with Crippen LogP contribution in [-0.2, 0) is 0 Å². The van der Waals surface area contributed by atoms with E-state index in [4.69, 9.17) is 0 Å². The Hall–Kier alpha value is -7.62. The summed E-state index contributed by atoms with van der Waals surface area (Å²) in [4.78, 5) is 4.77. The fourth-order valence-corrected chi connectivity index (χ4v) is 8.99. The monoisotopic (exact) mass is 755 g/mol. The highest BCUT2D eigenvalue weighted by molar-refractivity contribution is 6.12. The predicted molar refractivity (Wildman–Crippen MR) is 252 cm³/mol. The van der Waals surface area contributed by atoms with Gasteiger partial charge < -0.3 is 14.4 Å². The summed E-state index contributed by atoms with van der Waals surface area (Å²) in [6, 6.07) is 74.9. The average molecular weight is 756 g/mol. The van der Waals surface area contributed by atoms with Crippen molar-refractivity contribution in [2.75, 3.05) is 9.80 Å². The molecule has 3 nitrogen and oxygen atoms in total. The molecule has 9 aromatic carbocycles. The molecular formula is C56H41N3. The summed E-state index contributed by atoms with van der Waals surface area (Å²) in [7, 11) is 0. The maximum absolute atomic E-state index is 2.42. The van der Waals surface area contributed by atoms with E-state index >= 15 is 0 Å². The second-order valence-electron chi connectivity index (χ2n) is 15.3. The van der Waals surface area contributed by atoms with Crippen molar-refractivity contribution in [3.05, 3.63) is 224 Å². The second-order valence-corrected chi connectivity index (χ2v) is 15.3. The number of allylic oxidation sites excluding steroid dienone is 4. The molecule has 10 aromatic rings. The van der Waals surface area contributed by atoms with Crippen LogP contribution < -0.4 is 9.80 Å². The fourth-order valence-electron chi connectivity index (χ4n) is 8.99. The Morgan fingerprint density at radius 1 is 0.356 bits per heavy atom. The highest BCUT2D eigenvalue weighted by atomic mass is 15.1. The number of rotatable bonds is 8. The molecular weight excluding hydrogens is 715 g/mol. The second kappa shape index (κ2) is 14.7. The molecule has 0 spiro atoms. The quantitative estimate of drug-likeness (QED) is 0.153.